The largest absolute Gasteiger partial charge is 0.295 e. The molecule has 0 aromatic heterocycles. The van der Waals surface area contributed by atoms with Crippen LogP contribution >= 0.6 is 0 Å². The number of carbonyl (C=O) groups excluding carboxylic acids is 1. The standard InChI is InChI=1S/C10H18O/c1-8(2)9(11)6-7-10(3,4)5/h6-8H,1-5H3. The molecule has 0 aliphatic rings. The SMILES string of the molecule is CC(C)C(=O)C=CC(C)(C)C. The van der Waals surface area contributed by atoms with E-state index in [4.69, 9.17) is 0 Å². The highest BCUT2D eigenvalue weighted by Gasteiger charge is 2.07. The summed E-state index contributed by atoms with van der Waals surface area (Å²) in [5.74, 6) is 0.327. The van der Waals surface area contributed by atoms with Gasteiger partial charge in [0, 0.05) is 5.92 Å². The Morgan fingerprint density at radius 2 is 1.73 bits per heavy atom. The maximum absolute atomic E-state index is 11.1. The van der Waals surface area contributed by atoms with Gasteiger partial charge in [0.2, 0.25) is 0 Å². The molecule has 0 saturated heterocycles. The molecule has 0 spiro atoms. The van der Waals surface area contributed by atoms with Crippen LogP contribution in [0, 0.1) is 11.3 Å². The molecule has 0 saturated carbocycles. The van der Waals surface area contributed by atoms with Gasteiger partial charge < -0.3 is 0 Å². The lowest BCUT2D eigenvalue weighted by Gasteiger charge is -2.10. The van der Waals surface area contributed by atoms with Crippen LogP contribution < -0.4 is 0 Å². The second-order valence-electron chi connectivity index (χ2n) is 4.26. The summed E-state index contributed by atoms with van der Waals surface area (Å²) in [6, 6.07) is 0. The summed E-state index contributed by atoms with van der Waals surface area (Å²) in [4.78, 5) is 11.1. The third-order valence-electron chi connectivity index (χ3n) is 1.32. The molecule has 0 heterocycles. The van der Waals surface area contributed by atoms with Crippen LogP contribution in [0.3, 0.4) is 0 Å². The highest BCUT2D eigenvalue weighted by atomic mass is 16.1. The van der Waals surface area contributed by atoms with Gasteiger partial charge in [0.25, 0.3) is 0 Å². The Bertz CT molecular complexity index is 158. The van der Waals surface area contributed by atoms with Gasteiger partial charge in [0.15, 0.2) is 5.78 Å². The molecule has 1 heteroatoms. The van der Waals surface area contributed by atoms with Crippen molar-refractivity contribution >= 4 is 5.78 Å². The summed E-state index contributed by atoms with van der Waals surface area (Å²) >= 11 is 0. The van der Waals surface area contributed by atoms with Gasteiger partial charge in [-0.15, -0.1) is 0 Å². The molecule has 0 atom stereocenters. The van der Waals surface area contributed by atoms with Crippen molar-refractivity contribution in [3.8, 4) is 0 Å². The van der Waals surface area contributed by atoms with E-state index in [2.05, 4.69) is 20.8 Å². The first-order valence-corrected chi connectivity index (χ1v) is 4.06. The third kappa shape index (κ3) is 5.84. The highest BCUT2D eigenvalue weighted by Crippen LogP contribution is 2.14. The van der Waals surface area contributed by atoms with Crippen LogP contribution in [-0.4, -0.2) is 5.78 Å². The van der Waals surface area contributed by atoms with Crippen LogP contribution in [0.5, 0.6) is 0 Å². The number of rotatable bonds is 2. The van der Waals surface area contributed by atoms with Crippen LogP contribution in [0.4, 0.5) is 0 Å². The van der Waals surface area contributed by atoms with Crippen LogP contribution in [0.25, 0.3) is 0 Å². The number of allylic oxidation sites excluding steroid dienone is 2. The zero-order chi connectivity index (χ0) is 9.07. The maximum atomic E-state index is 11.1. The summed E-state index contributed by atoms with van der Waals surface area (Å²) in [6.45, 7) is 10.1. The average Bonchev–Trinajstić information content (AvgIpc) is 1.80. The van der Waals surface area contributed by atoms with E-state index in [1.54, 1.807) is 6.08 Å². The fourth-order valence-corrected chi connectivity index (χ4v) is 0.525. The van der Waals surface area contributed by atoms with Gasteiger partial charge in [-0.25, -0.2) is 0 Å². The minimum atomic E-state index is 0.116. The van der Waals surface area contributed by atoms with Crippen molar-refractivity contribution in [3.05, 3.63) is 12.2 Å². The van der Waals surface area contributed by atoms with Crippen molar-refractivity contribution in [1.29, 1.82) is 0 Å². The Labute approximate surface area is 69.5 Å². The molecule has 0 fully saturated rings. The molecule has 0 amide bonds. The number of hydrogen-bond acceptors (Lipinski definition) is 1. The Morgan fingerprint density at radius 1 is 1.27 bits per heavy atom. The molecule has 64 valence electrons. The van der Waals surface area contributed by atoms with Crippen LogP contribution in [-0.2, 0) is 4.79 Å². The Balaban J connectivity index is 4.05. The van der Waals surface area contributed by atoms with Crippen LogP contribution in [0.15, 0.2) is 12.2 Å². The summed E-state index contributed by atoms with van der Waals surface area (Å²) in [6.07, 6.45) is 3.64. The van der Waals surface area contributed by atoms with E-state index in [0.717, 1.165) is 0 Å². The monoisotopic (exact) mass is 154 g/mol. The third-order valence-corrected chi connectivity index (χ3v) is 1.32. The lowest BCUT2D eigenvalue weighted by atomic mass is 9.95. The van der Waals surface area contributed by atoms with Crippen molar-refractivity contribution in [2.45, 2.75) is 34.6 Å². The van der Waals surface area contributed by atoms with Gasteiger partial charge in [0.05, 0.1) is 0 Å². The number of carbonyl (C=O) groups is 1. The second-order valence-corrected chi connectivity index (χ2v) is 4.26. The Morgan fingerprint density at radius 3 is 2.00 bits per heavy atom. The predicted molar refractivity (Wildman–Crippen MR) is 48.4 cm³/mol. The Kier molecular flexibility index (Phi) is 3.50. The molecule has 0 aliphatic heterocycles. The lowest BCUT2D eigenvalue weighted by molar-refractivity contribution is -0.117. The molecule has 1 nitrogen and oxygen atoms in total. The molecular weight excluding hydrogens is 136 g/mol. The van der Waals surface area contributed by atoms with Crippen molar-refractivity contribution in [2.75, 3.05) is 0 Å². The van der Waals surface area contributed by atoms with Gasteiger partial charge in [-0.2, -0.15) is 0 Å². The molecule has 0 aromatic carbocycles. The maximum Gasteiger partial charge on any atom is 0.157 e. The molecule has 0 aromatic rings. The second kappa shape index (κ2) is 3.70. The molecule has 11 heavy (non-hydrogen) atoms. The smallest absolute Gasteiger partial charge is 0.157 e. The molecular formula is C10H18O. The van der Waals surface area contributed by atoms with Gasteiger partial charge >= 0.3 is 0 Å². The van der Waals surface area contributed by atoms with E-state index in [1.165, 1.54) is 0 Å². The van der Waals surface area contributed by atoms with Crippen molar-refractivity contribution < 1.29 is 4.79 Å². The summed E-state index contributed by atoms with van der Waals surface area (Å²) in [5, 5.41) is 0. The van der Waals surface area contributed by atoms with Crippen LogP contribution in [0.1, 0.15) is 34.6 Å². The van der Waals surface area contributed by atoms with E-state index in [1.807, 2.05) is 19.9 Å². The highest BCUT2D eigenvalue weighted by molar-refractivity contribution is 5.91. The van der Waals surface area contributed by atoms with E-state index < -0.39 is 0 Å². The van der Waals surface area contributed by atoms with Crippen molar-refractivity contribution in [1.82, 2.24) is 0 Å². The molecule has 0 radical (unpaired) electrons. The van der Waals surface area contributed by atoms with Crippen molar-refractivity contribution in [3.63, 3.8) is 0 Å². The predicted octanol–water partition coefficient (Wildman–Crippen LogP) is 2.81. The van der Waals surface area contributed by atoms with Crippen LogP contribution in [0.2, 0.25) is 0 Å². The topological polar surface area (TPSA) is 17.1 Å². The fourth-order valence-electron chi connectivity index (χ4n) is 0.525. The van der Waals surface area contributed by atoms with Gasteiger partial charge in [-0.05, 0) is 11.5 Å². The normalized spacial score (nSPS) is 12.9. The molecule has 0 N–H and O–H groups in total. The van der Waals surface area contributed by atoms with Gasteiger partial charge in [-0.1, -0.05) is 40.7 Å². The van der Waals surface area contributed by atoms with Crippen molar-refractivity contribution in [2.24, 2.45) is 11.3 Å². The molecule has 0 unspecified atom stereocenters. The van der Waals surface area contributed by atoms with E-state index >= 15 is 0 Å². The molecule has 0 bridgehead atoms. The quantitative estimate of drug-likeness (QED) is 0.559. The van der Waals surface area contributed by atoms with E-state index in [-0.39, 0.29) is 17.1 Å². The van der Waals surface area contributed by atoms with Gasteiger partial charge in [0.1, 0.15) is 0 Å². The first-order chi connectivity index (χ1) is 4.83. The first kappa shape index (κ1) is 10.4. The summed E-state index contributed by atoms with van der Waals surface area (Å²) < 4.78 is 0. The lowest BCUT2D eigenvalue weighted by Crippen LogP contribution is -2.05. The summed E-state index contributed by atoms with van der Waals surface area (Å²) in [7, 11) is 0. The molecule has 0 rings (SSSR count). The zero-order valence-corrected chi connectivity index (χ0v) is 8.14. The number of hydrogen-bond donors (Lipinski definition) is 0. The Hall–Kier alpha value is -0.590. The molecule has 0 aliphatic carbocycles. The van der Waals surface area contributed by atoms with Gasteiger partial charge in [-0.3, -0.25) is 4.79 Å². The number of ketones is 1. The first-order valence-electron chi connectivity index (χ1n) is 4.06. The summed E-state index contributed by atoms with van der Waals surface area (Å²) in [5.41, 5.74) is 0.116. The van der Waals surface area contributed by atoms with E-state index in [9.17, 15) is 4.79 Å². The average molecular weight is 154 g/mol. The minimum Gasteiger partial charge on any atom is -0.295 e. The minimum absolute atomic E-state index is 0.116. The van der Waals surface area contributed by atoms with E-state index in [0.29, 0.717) is 0 Å². The zero-order valence-electron chi connectivity index (χ0n) is 8.14. The fraction of sp³-hybridized carbons (Fsp3) is 0.700.